The average molecular weight is 280 g/mol. The minimum absolute atomic E-state index is 0.00687. The molecule has 1 aromatic carbocycles. The smallest absolute Gasteiger partial charge is 0.223 e. The van der Waals surface area contributed by atoms with Crippen molar-refractivity contribution in [2.24, 2.45) is 5.73 Å². The van der Waals surface area contributed by atoms with Crippen LogP contribution >= 0.6 is 0 Å². The summed E-state index contributed by atoms with van der Waals surface area (Å²) in [6.45, 7) is 0.295. The first-order valence-corrected chi connectivity index (χ1v) is 7.07. The predicted octanol–water partition coefficient (Wildman–Crippen LogP) is 1.98. The van der Waals surface area contributed by atoms with Gasteiger partial charge in [-0.15, -0.1) is 0 Å². The summed E-state index contributed by atoms with van der Waals surface area (Å²) in [6, 6.07) is 6.30. The maximum absolute atomic E-state index is 12.7. The molecule has 1 amide bonds. The number of ether oxygens (including phenoxy) is 1. The summed E-state index contributed by atoms with van der Waals surface area (Å²) in [7, 11) is 0. The summed E-state index contributed by atoms with van der Waals surface area (Å²) in [5, 5.41) is 3.00. The van der Waals surface area contributed by atoms with Gasteiger partial charge in [-0.05, 0) is 49.9 Å². The Hall–Kier alpha value is -1.62. The average Bonchev–Trinajstić information content (AvgIpc) is 2.44. The fraction of sp³-hybridized carbons (Fsp3) is 0.533. The van der Waals surface area contributed by atoms with E-state index < -0.39 is 0 Å². The van der Waals surface area contributed by atoms with Crippen LogP contribution in [0.15, 0.2) is 24.3 Å². The SMILES string of the molecule is NC1CCC(NC(=O)CCOc2ccc(F)cc2)CC1. The van der Waals surface area contributed by atoms with E-state index in [4.69, 9.17) is 10.5 Å². The van der Waals surface area contributed by atoms with Crippen LogP contribution in [0.1, 0.15) is 32.1 Å². The lowest BCUT2D eigenvalue weighted by molar-refractivity contribution is -0.122. The van der Waals surface area contributed by atoms with Gasteiger partial charge >= 0.3 is 0 Å². The lowest BCUT2D eigenvalue weighted by Crippen LogP contribution is -2.40. The molecule has 4 nitrogen and oxygen atoms in total. The number of hydrogen-bond donors (Lipinski definition) is 2. The molecular weight excluding hydrogens is 259 g/mol. The Morgan fingerprint density at radius 3 is 2.55 bits per heavy atom. The summed E-state index contributed by atoms with van der Waals surface area (Å²) in [5.41, 5.74) is 5.82. The van der Waals surface area contributed by atoms with Crippen LogP contribution in [-0.4, -0.2) is 24.6 Å². The Morgan fingerprint density at radius 1 is 1.25 bits per heavy atom. The molecule has 0 radical (unpaired) electrons. The number of nitrogens with one attached hydrogen (secondary N) is 1. The van der Waals surface area contributed by atoms with Gasteiger partial charge in [-0.2, -0.15) is 0 Å². The molecule has 1 aromatic rings. The van der Waals surface area contributed by atoms with Gasteiger partial charge in [-0.3, -0.25) is 4.79 Å². The molecule has 0 saturated heterocycles. The molecule has 0 atom stereocenters. The topological polar surface area (TPSA) is 64.3 Å². The van der Waals surface area contributed by atoms with E-state index in [-0.39, 0.29) is 23.8 Å². The van der Waals surface area contributed by atoms with E-state index in [0.717, 1.165) is 25.7 Å². The second-order valence-corrected chi connectivity index (χ2v) is 5.23. The molecule has 20 heavy (non-hydrogen) atoms. The molecule has 1 aliphatic rings. The number of carbonyl (C=O) groups is 1. The van der Waals surface area contributed by atoms with Crippen LogP contribution in [0.5, 0.6) is 5.75 Å². The van der Waals surface area contributed by atoms with Crippen molar-refractivity contribution in [3.63, 3.8) is 0 Å². The third-order valence-corrected chi connectivity index (χ3v) is 3.55. The quantitative estimate of drug-likeness (QED) is 0.867. The molecule has 1 aliphatic carbocycles. The number of benzene rings is 1. The third kappa shape index (κ3) is 4.81. The third-order valence-electron chi connectivity index (χ3n) is 3.55. The highest BCUT2D eigenvalue weighted by atomic mass is 19.1. The van der Waals surface area contributed by atoms with E-state index in [1.807, 2.05) is 0 Å². The van der Waals surface area contributed by atoms with Gasteiger partial charge in [-0.25, -0.2) is 4.39 Å². The van der Waals surface area contributed by atoms with Crippen molar-refractivity contribution in [1.82, 2.24) is 5.32 Å². The lowest BCUT2D eigenvalue weighted by atomic mass is 9.92. The van der Waals surface area contributed by atoms with Crippen LogP contribution < -0.4 is 15.8 Å². The Bertz CT molecular complexity index is 428. The van der Waals surface area contributed by atoms with E-state index in [1.165, 1.54) is 12.1 Å². The van der Waals surface area contributed by atoms with E-state index in [1.54, 1.807) is 12.1 Å². The van der Waals surface area contributed by atoms with Gasteiger partial charge in [0.1, 0.15) is 11.6 Å². The van der Waals surface area contributed by atoms with Crippen molar-refractivity contribution in [2.75, 3.05) is 6.61 Å². The Kier molecular flexibility index (Phi) is 5.35. The normalized spacial score (nSPS) is 22.3. The lowest BCUT2D eigenvalue weighted by Gasteiger charge is -2.26. The molecular formula is C15H21FN2O2. The highest BCUT2D eigenvalue weighted by molar-refractivity contribution is 5.76. The molecule has 3 N–H and O–H groups in total. The van der Waals surface area contributed by atoms with Crippen molar-refractivity contribution >= 4 is 5.91 Å². The van der Waals surface area contributed by atoms with Gasteiger partial charge in [0.25, 0.3) is 0 Å². The molecule has 2 rings (SSSR count). The standard InChI is InChI=1S/C15H21FN2O2/c16-11-1-7-14(8-2-11)20-10-9-15(19)18-13-5-3-12(17)4-6-13/h1-2,7-8,12-13H,3-6,9-10,17H2,(H,18,19). The molecule has 1 fully saturated rings. The number of rotatable bonds is 5. The van der Waals surface area contributed by atoms with Crippen LogP contribution in [0, 0.1) is 5.82 Å². The van der Waals surface area contributed by atoms with Crippen molar-refractivity contribution < 1.29 is 13.9 Å². The number of hydrogen-bond acceptors (Lipinski definition) is 3. The molecule has 0 spiro atoms. The largest absolute Gasteiger partial charge is 0.493 e. The Labute approximate surface area is 118 Å². The summed E-state index contributed by atoms with van der Waals surface area (Å²) in [4.78, 5) is 11.8. The molecule has 1 saturated carbocycles. The maximum atomic E-state index is 12.7. The minimum Gasteiger partial charge on any atom is -0.493 e. The molecule has 110 valence electrons. The van der Waals surface area contributed by atoms with Crippen LogP contribution in [0.4, 0.5) is 4.39 Å². The van der Waals surface area contributed by atoms with Gasteiger partial charge in [0.15, 0.2) is 0 Å². The first kappa shape index (κ1) is 14.8. The van der Waals surface area contributed by atoms with E-state index in [2.05, 4.69) is 5.32 Å². The fourth-order valence-corrected chi connectivity index (χ4v) is 2.36. The number of amides is 1. The molecule has 0 aliphatic heterocycles. The second kappa shape index (κ2) is 7.24. The van der Waals surface area contributed by atoms with Crippen molar-refractivity contribution in [2.45, 2.75) is 44.2 Å². The summed E-state index contributed by atoms with van der Waals surface area (Å²) in [5.74, 6) is 0.265. The van der Waals surface area contributed by atoms with Crippen LogP contribution in [0.3, 0.4) is 0 Å². The molecule has 5 heteroatoms. The van der Waals surface area contributed by atoms with Gasteiger partial charge < -0.3 is 15.8 Å². The highest BCUT2D eigenvalue weighted by Crippen LogP contribution is 2.17. The first-order chi connectivity index (χ1) is 9.63. The summed E-state index contributed by atoms with van der Waals surface area (Å²) < 4.78 is 18.1. The zero-order chi connectivity index (χ0) is 14.4. The van der Waals surface area contributed by atoms with Crippen LogP contribution in [0.25, 0.3) is 0 Å². The zero-order valence-electron chi connectivity index (χ0n) is 11.5. The van der Waals surface area contributed by atoms with Crippen molar-refractivity contribution in [3.8, 4) is 5.75 Å². The van der Waals surface area contributed by atoms with E-state index >= 15 is 0 Å². The number of halogens is 1. The predicted molar refractivity (Wildman–Crippen MR) is 74.9 cm³/mol. The number of carbonyl (C=O) groups excluding carboxylic acids is 1. The van der Waals surface area contributed by atoms with Crippen LogP contribution in [-0.2, 0) is 4.79 Å². The second-order valence-electron chi connectivity index (χ2n) is 5.23. The fourth-order valence-electron chi connectivity index (χ4n) is 2.36. The Morgan fingerprint density at radius 2 is 1.90 bits per heavy atom. The maximum Gasteiger partial charge on any atom is 0.223 e. The van der Waals surface area contributed by atoms with Gasteiger partial charge in [0.2, 0.25) is 5.91 Å². The Balaban J connectivity index is 1.64. The van der Waals surface area contributed by atoms with Crippen molar-refractivity contribution in [3.05, 3.63) is 30.1 Å². The van der Waals surface area contributed by atoms with Crippen LogP contribution in [0.2, 0.25) is 0 Å². The van der Waals surface area contributed by atoms with Gasteiger partial charge in [0, 0.05) is 12.1 Å². The summed E-state index contributed by atoms with van der Waals surface area (Å²) >= 11 is 0. The van der Waals surface area contributed by atoms with Gasteiger partial charge in [-0.1, -0.05) is 0 Å². The molecule has 0 bridgehead atoms. The highest BCUT2D eigenvalue weighted by Gasteiger charge is 2.19. The van der Waals surface area contributed by atoms with Crippen molar-refractivity contribution in [1.29, 1.82) is 0 Å². The molecule has 0 heterocycles. The first-order valence-electron chi connectivity index (χ1n) is 7.07. The number of nitrogens with two attached hydrogens (primary N) is 1. The monoisotopic (exact) mass is 280 g/mol. The minimum atomic E-state index is -0.300. The molecule has 0 aromatic heterocycles. The summed E-state index contributed by atoms with van der Waals surface area (Å²) in [6.07, 6.45) is 4.14. The molecule has 0 unspecified atom stereocenters. The van der Waals surface area contributed by atoms with Gasteiger partial charge in [0.05, 0.1) is 13.0 Å². The van der Waals surface area contributed by atoms with E-state index in [0.29, 0.717) is 18.8 Å². The zero-order valence-corrected chi connectivity index (χ0v) is 11.5. The van der Waals surface area contributed by atoms with E-state index in [9.17, 15) is 9.18 Å².